The van der Waals surface area contributed by atoms with Crippen LogP contribution in [0.3, 0.4) is 0 Å². The second-order valence-electron chi connectivity index (χ2n) is 5.13. The van der Waals surface area contributed by atoms with Crippen molar-refractivity contribution in [1.82, 2.24) is 10.2 Å². The molecule has 1 heterocycles. The fourth-order valence-corrected chi connectivity index (χ4v) is 2.66. The van der Waals surface area contributed by atoms with E-state index in [1.165, 1.54) is 6.42 Å². The maximum absolute atomic E-state index is 12.4. The lowest BCUT2D eigenvalue weighted by Crippen LogP contribution is -2.35. The van der Waals surface area contributed by atoms with Crippen LogP contribution < -0.4 is 10.6 Å². The van der Waals surface area contributed by atoms with Crippen LogP contribution in [0.4, 0.5) is 5.69 Å². The molecular weight excluding hydrogens is 290 g/mol. The maximum Gasteiger partial charge on any atom is 0.255 e. The summed E-state index contributed by atoms with van der Waals surface area (Å²) in [6.45, 7) is 1.80. The van der Waals surface area contributed by atoms with Gasteiger partial charge in [0.15, 0.2) is 0 Å². The fourth-order valence-electron chi connectivity index (χ4n) is 2.40. The lowest BCUT2D eigenvalue weighted by molar-refractivity contribution is -0.115. The third-order valence-electron chi connectivity index (χ3n) is 3.46. The van der Waals surface area contributed by atoms with E-state index in [2.05, 4.69) is 10.6 Å². The normalized spacial score (nSPS) is 14.9. The molecule has 0 spiro atoms. The first kappa shape index (κ1) is 15.8. The molecule has 2 N–H and O–H groups in total. The van der Waals surface area contributed by atoms with Gasteiger partial charge in [-0.05, 0) is 44.5 Å². The third kappa shape index (κ3) is 4.19. The van der Waals surface area contributed by atoms with Gasteiger partial charge in [0.2, 0.25) is 5.91 Å². The number of hydrogen-bond acceptors (Lipinski definition) is 3. The molecule has 0 atom stereocenters. The Balaban J connectivity index is 2.07. The van der Waals surface area contributed by atoms with Crippen LogP contribution in [0.15, 0.2) is 18.2 Å². The Morgan fingerprint density at radius 1 is 1.24 bits per heavy atom. The molecule has 6 heteroatoms. The zero-order chi connectivity index (χ0) is 15.2. The van der Waals surface area contributed by atoms with Crippen LogP contribution in [0.5, 0.6) is 0 Å². The highest BCUT2D eigenvalue weighted by atomic mass is 35.5. The first-order valence-electron chi connectivity index (χ1n) is 7.15. The predicted molar refractivity (Wildman–Crippen MR) is 83.8 cm³/mol. The summed E-state index contributed by atoms with van der Waals surface area (Å²) < 4.78 is 0. The summed E-state index contributed by atoms with van der Waals surface area (Å²) in [4.78, 5) is 25.7. The molecule has 0 bridgehead atoms. The molecule has 21 heavy (non-hydrogen) atoms. The summed E-state index contributed by atoms with van der Waals surface area (Å²) in [5.74, 6) is -0.184. The van der Waals surface area contributed by atoms with Crippen LogP contribution in [-0.4, -0.2) is 43.4 Å². The van der Waals surface area contributed by atoms with E-state index in [1.54, 1.807) is 25.2 Å². The topological polar surface area (TPSA) is 61.4 Å². The molecule has 2 rings (SSSR count). The number of benzene rings is 1. The highest BCUT2D eigenvalue weighted by Gasteiger charge is 2.20. The molecule has 1 aliphatic heterocycles. The van der Waals surface area contributed by atoms with Gasteiger partial charge in [0.25, 0.3) is 5.91 Å². The van der Waals surface area contributed by atoms with Crippen molar-refractivity contribution in [2.75, 3.05) is 32.0 Å². The van der Waals surface area contributed by atoms with E-state index in [-0.39, 0.29) is 18.4 Å². The van der Waals surface area contributed by atoms with Crippen molar-refractivity contribution in [1.29, 1.82) is 0 Å². The van der Waals surface area contributed by atoms with E-state index in [4.69, 9.17) is 11.6 Å². The minimum Gasteiger partial charge on any atom is -0.339 e. The number of nitrogens with zero attached hydrogens (tertiary/aromatic N) is 1. The molecule has 0 radical (unpaired) electrons. The van der Waals surface area contributed by atoms with Gasteiger partial charge in [0, 0.05) is 18.8 Å². The average molecular weight is 310 g/mol. The molecule has 1 fully saturated rings. The minimum absolute atomic E-state index is 0.0344. The van der Waals surface area contributed by atoms with Gasteiger partial charge in [-0.15, -0.1) is 0 Å². The maximum atomic E-state index is 12.4. The van der Waals surface area contributed by atoms with Crippen molar-refractivity contribution in [3.05, 3.63) is 28.8 Å². The van der Waals surface area contributed by atoms with Crippen LogP contribution in [0, 0.1) is 0 Å². The highest BCUT2D eigenvalue weighted by molar-refractivity contribution is 6.34. The van der Waals surface area contributed by atoms with Crippen LogP contribution in [0.1, 0.15) is 29.6 Å². The Kier molecular flexibility index (Phi) is 5.59. The van der Waals surface area contributed by atoms with Crippen LogP contribution in [-0.2, 0) is 4.79 Å². The zero-order valence-corrected chi connectivity index (χ0v) is 12.9. The first-order chi connectivity index (χ1) is 10.1. The second kappa shape index (κ2) is 7.43. The predicted octanol–water partition coefficient (Wildman–Crippen LogP) is 2.12. The van der Waals surface area contributed by atoms with E-state index in [0.717, 1.165) is 25.9 Å². The zero-order valence-electron chi connectivity index (χ0n) is 12.1. The molecule has 1 aliphatic rings. The Bertz CT molecular complexity index is 528. The van der Waals surface area contributed by atoms with Crippen molar-refractivity contribution in [3.63, 3.8) is 0 Å². The largest absolute Gasteiger partial charge is 0.339 e. The quantitative estimate of drug-likeness (QED) is 0.895. The van der Waals surface area contributed by atoms with Crippen LogP contribution in [0.25, 0.3) is 0 Å². The highest BCUT2D eigenvalue weighted by Crippen LogP contribution is 2.23. The molecule has 0 unspecified atom stereocenters. The van der Waals surface area contributed by atoms with E-state index < -0.39 is 0 Å². The minimum atomic E-state index is -0.149. The molecule has 0 saturated carbocycles. The fraction of sp³-hybridized carbons (Fsp3) is 0.467. The van der Waals surface area contributed by atoms with Gasteiger partial charge < -0.3 is 15.5 Å². The summed E-state index contributed by atoms with van der Waals surface area (Å²) in [6.07, 6.45) is 3.26. The number of halogens is 1. The lowest BCUT2D eigenvalue weighted by atomic mass is 10.1. The van der Waals surface area contributed by atoms with Crippen molar-refractivity contribution in [2.24, 2.45) is 0 Å². The van der Waals surface area contributed by atoms with E-state index in [1.807, 2.05) is 4.90 Å². The smallest absolute Gasteiger partial charge is 0.255 e. The van der Waals surface area contributed by atoms with Crippen molar-refractivity contribution in [2.45, 2.75) is 19.3 Å². The molecule has 5 nitrogen and oxygen atoms in total. The number of likely N-dealkylation sites (tertiary alicyclic amines) is 1. The summed E-state index contributed by atoms with van der Waals surface area (Å²) in [5, 5.41) is 5.86. The summed E-state index contributed by atoms with van der Waals surface area (Å²) in [7, 11) is 1.70. The Morgan fingerprint density at radius 2 is 1.95 bits per heavy atom. The molecule has 114 valence electrons. The lowest BCUT2D eigenvalue weighted by Gasteiger charge is -2.27. The summed E-state index contributed by atoms with van der Waals surface area (Å²) in [5.41, 5.74) is 1.08. The Labute approximate surface area is 129 Å². The van der Waals surface area contributed by atoms with Gasteiger partial charge in [-0.1, -0.05) is 11.6 Å². The molecule has 1 aromatic rings. The van der Waals surface area contributed by atoms with Gasteiger partial charge >= 0.3 is 0 Å². The third-order valence-corrected chi connectivity index (χ3v) is 3.78. The summed E-state index contributed by atoms with van der Waals surface area (Å²) >= 11 is 6.19. The first-order valence-corrected chi connectivity index (χ1v) is 7.53. The van der Waals surface area contributed by atoms with E-state index >= 15 is 0 Å². The van der Waals surface area contributed by atoms with Gasteiger partial charge in [-0.3, -0.25) is 9.59 Å². The van der Waals surface area contributed by atoms with Gasteiger partial charge in [0.05, 0.1) is 17.1 Å². The van der Waals surface area contributed by atoms with Crippen LogP contribution >= 0.6 is 11.6 Å². The number of piperidine rings is 1. The molecule has 2 amide bonds. The Hall–Kier alpha value is -1.59. The SMILES string of the molecule is CNCC(=O)Nc1ccc(C(=O)N2CCCCC2)c(Cl)c1. The number of carbonyl (C=O) groups excluding carboxylic acids is 2. The number of hydrogen-bond donors (Lipinski definition) is 2. The number of rotatable bonds is 4. The van der Waals surface area contributed by atoms with E-state index in [0.29, 0.717) is 16.3 Å². The molecule has 1 aromatic carbocycles. The number of likely N-dealkylation sites (N-methyl/N-ethyl adjacent to an activating group) is 1. The monoisotopic (exact) mass is 309 g/mol. The van der Waals surface area contributed by atoms with E-state index in [9.17, 15) is 9.59 Å². The molecule has 0 aliphatic carbocycles. The molecule has 0 aromatic heterocycles. The number of anilines is 1. The second-order valence-corrected chi connectivity index (χ2v) is 5.53. The van der Waals surface area contributed by atoms with Crippen molar-refractivity contribution < 1.29 is 9.59 Å². The number of nitrogens with one attached hydrogen (secondary N) is 2. The van der Waals surface area contributed by atoms with Gasteiger partial charge in [-0.2, -0.15) is 0 Å². The van der Waals surface area contributed by atoms with Gasteiger partial charge in [-0.25, -0.2) is 0 Å². The number of amides is 2. The standard InChI is InChI=1S/C15H20ClN3O2/c1-17-10-14(20)18-11-5-6-12(13(16)9-11)15(21)19-7-3-2-4-8-19/h5-6,9,17H,2-4,7-8,10H2,1H3,(H,18,20). The average Bonchev–Trinajstić information content (AvgIpc) is 2.48. The number of carbonyl (C=O) groups is 2. The molecular formula is C15H20ClN3O2. The Morgan fingerprint density at radius 3 is 2.57 bits per heavy atom. The van der Waals surface area contributed by atoms with Crippen molar-refractivity contribution >= 4 is 29.1 Å². The van der Waals surface area contributed by atoms with Crippen molar-refractivity contribution in [3.8, 4) is 0 Å². The van der Waals surface area contributed by atoms with Crippen LogP contribution in [0.2, 0.25) is 5.02 Å². The molecule has 1 saturated heterocycles. The van der Waals surface area contributed by atoms with Gasteiger partial charge in [0.1, 0.15) is 0 Å². The summed E-state index contributed by atoms with van der Waals surface area (Å²) in [6, 6.07) is 5.00.